The van der Waals surface area contributed by atoms with E-state index in [9.17, 15) is 14.4 Å². The third kappa shape index (κ3) is 5.96. The van der Waals surface area contributed by atoms with E-state index in [0.29, 0.717) is 24.1 Å². The van der Waals surface area contributed by atoms with E-state index in [-0.39, 0.29) is 36.3 Å². The molecule has 2 aliphatic rings. The van der Waals surface area contributed by atoms with Crippen molar-refractivity contribution in [3.05, 3.63) is 168 Å². The van der Waals surface area contributed by atoms with Gasteiger partial charge in [-0.2, -0.15) is 0 Å². The van der Waals surface area contributed by atoms with Crippen LogP contribution in [-0.4, -0.2) is 58.7 Å². The Morgan fingerprint density at radius 2 is 1.29 bits per heavy atom. The predicted molar refractivity (Wildman–Crippen MR) is 178 cm³/mol. The molecule has 2 aliphatic heterocycles. The number of carbonyl (C=O) groups is 3. The van der Waals surface area contributed by atoms with E-state index in [0.717, 1.165) is 16.7 Å². The molecule has 6 nitrogen and oxygen atoms in total. The Morgan fingerprint density at radius 1 is 0.800 bits per heavy atom. The second-order valence-corrected chi connectivity index (χ2v) is 12.5. The fraction of sp³-hybridized carbons (Fsp3) is 0.184. The van der Waals surface area contributed by atoms with Crippen LogP contribution >= 0.6 is 11.8 Å². The SMILES string of the molecule is C=CCOC(=O)N1C[C@@H](SC(c2ccccc2)(c2ccccc2)c2ccccc2)C[C@H]1C=CCN1C(=O)c2ccccc2C1=O. The third-order valence-corrected chi connectivity index (χ3v) is 10.0. The molecule has 0 saturated carbocycles. The molecule has 0 N–H and O–H groups in total. The smallest absolute Gasteiger partial charge is 0.410 e. The van der Waals surface area contributed by atoms with Crippen molar-refractivity contribution < 1.29 is 19.1 Å². The highest BCUT2D eigenvalue weighted by atomic mass is 32.2. The second-order valence-electron chi connectivity index (χ2n) is 11.0. The number of hydrogen-bond donors (Lipinski definition) is 0. The summed E-state index contributed by atoms with van der Waals surface area (Å²) < 4.78 is 4.96. The number of fused-ring (bicyclic) bond motifs is 1. The molecule has 6 rings (SSSR count). The van der Waals surface area contributed by atoms with Crippen molar-refractivity contribution >= 4 is 29.7 Å². The topological polar surface area (TPSA) is 66.9 Å². The van der Waals surface area contributed by atoms with Crippen LogP contribution in [0.25, 0.3) is 0 Å². The molecule has 226 valence electrons. The summed E-state index contributed by atoms with van der Waals surface area (Å²) >= 11 is 1.84. The molecular formula is C38H34N2O4S. The van der Waals surface area contributed by atoms with Gasteiger partial charge in [0.2, 0.25) is 0 Å². The van der Waals surface area contributed by atoms with Crippen molar-refractivity contribution in [2.45, 2.75) is 22.5 Å². The lowest BCUT2D eigenvalue weighted by atomic mass is 9.84. The van der Waals surface area contributed by atoms with Gasteiger partial charge in [-0.05, 0) is 35.2 Å². The van der Waals surface area contributed by atoms with Crippen LogP contribution in [0.4, 0.5) is 4.79 Å². The number of hydrogen-bond acceptors (Lipinski definition) is 5. The Balaban J connectivity index is 1.31. The molecule has 7 heteroatoms. The molecule has 4 aromatic carbocycles. The van der Waals surface area contributed by atoms with E-state index in [2.05, 4.69) is 79.4 Å². The van der Waals surface area contributed by atoms with Crippen LogP contribution < -0.4 is 0 Å². The fourth-order valence-electron chi connectivity index (χ4n) is 6.22. The van der Waals surface area contributed by atoms with Gasteiger partial charge in [-0.15, -0.1) is 11.8 Å². The Bertz CT molecular complexity index is 1580. The van der Waals surface area contributed by atoms with Gasteiger partial charge >= 0.3 is 6.09 Å². The summed E-state index contributed by atoms with van der Waals surface area (Å²) in [4.78, 5) is 42.1. The summed E-state index contributed by atoms with van der Waals surface area (Å²) in [6.07, 6.45) is 5.54. The minimum Gasteiger partial charge on any atom is -0.445 e. The maximum Gasteiger partial charge on any atom is 0.410 e. The van der Waals surface area contributed by atoms with Crippen molar-refractivity contribution in [2.24, 2.45) is 0 Å². The number of nitrogens with zero attached hydrogens (tertiary/aromatic N) is 2. The van der Waals surface area contributed by atoms with E-state index in [1.54, 1.807) is 35.2 Å². The van der Waals surface area contributed by atoms with Gasteiger partial charge in [-0.25, -0.2) is 4.79 Å². The average Bonchev–Trinajstić information content (AvgIpc) is 3.61. The fourth-order valence-corrected chi connectivity index (χ4v) is 8.06. The van der Waals surface area contributed by atoms with Crippen LogP contribution in [0.3, 0.4) is 0 Å². The highest BCUT2D eigenvalue weighted by Gasteiger charge is 2.44. The van der Waals surface area contributed by atoms with E-state index < -0.39 is 10.8 Å². The molecule has 2 atom stereocenters. The molecule has 45 heavy (non-hydrogen) atoms. The Hall–Kier alpha value is -4.88. The second kappa shape index (κ2) is 13.4. The number of benzene rings is 4. The number of likely N-dealkylation sites (tertiary alicyclic amines) is 1. The van der Waals surface area contributed by atoms with Gasteiger partial charge in [0.1, 0.15) is 6.61 Å². The number of rotatable bonds is 10. The van der Waals surface area contributed by atoms with Crippen molar-refractivity contribution in [1.82, 2.24) is 9.80 Å². The number of carbonyl (C=O) groups excluding carboxylic acids is 3. The molecule has 0 spiro atoms. The summed E-state index contributed by atoms with van der Waals surface area (Å²) in [6.45, 7) is 4.39. The zero-order valence-corrected chi connectivity index (χ0v) is 25.6. The largest absolute Gasteiger partial charge is 0.445 e. The first-order valence-electron chi connectivity index (χ1n) is 15.0. The molecule has 3 amide bonds. The van der Waals surface area contributed by atoms with E-state index in [4.69, 9.17) is 4.74 Å². The molecule has 0 bridgehead atoms. The highest BCUT2D eigenvalue weighted by Crippen LogP contribution is 2.52. The van der Waals surface area contributed by atoms with E-state index in [1.807, 2.05) is 42.1 Å². The van der Waals surface area contributed by atoms with E-state index >= 15 is 0 Å². The monoisotopic (exact) mass is 614 g/mol. The quantitative estimate of drug-likeness (QED) is 0.106. The number of thioether (sulfide) groups is 1. The van der Waals surface area contributed by atoms with Gasteiger partial charge in [0.05, 0.1) is 21.9 Å². The summed E-state index contributed by atoms with van der Waals surface area (Å²) in [5.41, 5.74) is 4.29. The van der Waals surface area contributed by atoms with Gasteiger partial charge in [0.15, 0.2) is 0 Å². The van der Waals surface area contributed by atoms with Crippen LogP contribution in [0.1, 0.15) is 43.8 Å². The van der Waals surface area contributed by atoms with Gasteiger partial charge in [-0.1, -0.05) is 128 Å². The Labute approximate surface area is 268 Å². The maximum atomic E-state index is 13.3. The first kappa shape index (κ1) is 30.2. The van der Waals surface area contributed by atoms with Crippen molar-refractivity contribution in [3.63, 3.8) is 0 Å². The Morgan fingerprint density at radius 3 is 1.78 bits per heavy atom. The normalized spacial score (nSPS) is 18.0. The zero-order chi connectivity index (χ0) is 31.2. The molecule has 1 saturated heterocycles. The molecule has 0 unspecified atom stereocenters. The average molecular weight is 615 g/mol. The molecule has 0 aliphatic carbocycles. The van der Waals surface area contributed by atoms with E-state index in [1.165, 1.54) is 4.90 Å². The minimum atomic E-state index is -0.538. The summed E-state index contributed by atoms with van der Waals surface area (Å²) in [5, 5.41) is 0.0378. The summed E-state index contributed by atoms with van der Waals surface area (Å²) in [5.74, 6) is -0.610. The van der Waals surface area contributed by atoms with Crippen molar-refractivity contribution in [1.29, 1.82) is 0 Å². The minimum absolute atomic E-state index is 0.0378. The predicted octanol–water partition coefficient (Wildman–Crippen LogP) is 7.33. The number of ether oxygens (including phenoxy) is 1. The van der Waals surface area contributed by atoms with Crippen LogP contribution in [0.5, 0.6) is 0 Å². The lowest BCUT2D eigenvalue weighted by Gasteiger charge is -2.37. The van der Waals surface area contributed by atoms with Gasteiger partial charge in [0, 0.05) is 18.3 Å². The third-order valence-electron chi connectivity index (χ3n) is 8.27. The molecule has 2 heterocycles. The lowest BCUT2D eigenvalue weighted by molar-refractivity contribution is 0.0671. The first-order valence-corrected chi connectivity index (χ1v) is 15.9. The van der Waals surface area contributed by atoms with Crippen LogP contribution in [-0.2, 0) is 9.48 Å². The first-order chi connectivity index (χ1) is 22.0. The standard InChI is InChI=1S/C38H34N2O4S/c1-2-25-44-37(43)40-27-32(26-31(40)21-14-24-39-35(41)33-22-12-13-23-34(33)36(39)42)45-38(28-15-6-3-7-16-28,29-17-8-4-9-18-29)30-19-10-5-11-20-30/h2-23,31-32H,1,24-27H2/t31-,32+/m1/s1. The maximum absolute atomic E-state index is 13.3. The Kier molecular flexibility index (Phi) is 8.98. The molecule has 1 fully saturated rings. The molecule has 0 aromatic heterocycles. The van der Waals surface area contributed by atoms with Gasteiger partial charge < -0.3 is 9.64 Å². The molecule has 0 radical (unpaired) electrons. The van der Waals surface area contributed by atoms with Crippen LogP contribution in [0.2, 0.25) is 0 Å². The summed E-state index contributed by atoms with van der Waals surface area (Å²) in [6, 6.07) is 38.0. The molecule has 4 aromatic rings. The number of imide groups is 1. The van der Waals surface area contributed by atoms with Crippen molar-refractivity contribution in [2.75, 3.05) is 19.7 Å². The van der Waals surface area contributed by atoms with Crippen molar-refractivity contribution in [3.8, 4) is 0 Å². The van der Waals surface area contributed by atoms with Gasteiger partial charge in [0.25, 0.3) is 11.8 Å². The lowest BCUT2D eigenvalue weighted by Crippen LogP contribution is -2.36. The van der Waals surface area contributed by atoms with Gasteiger partial charge in [-0.3, -0.25) is 14.5 Å². The van der Waals surface area contributed by atoms with Crippen LogP contribution in [0, 0.1) is 0 Å². The van der Waals surface area contributed by atoms with Crippen LogP contribution in [0.15, 0.2) is 140 Å². The molecular weight excluding hydrogens is 580 g/mol. The number of amides is 3. The highest BCUT2D eigenvalue weighted by molar-refractivity contribution is 8.01. The zero-order valence-electron chi connectivity index (χ0n) is 24.8. The summed E-state index contributed by atoms with van der Waals surface area (Å²) in [7, 11) is 0.